The van der Waals surface area contributed by atoms with E-state index in [4.69, 9.17) is 5.73 Å². The van der Waals surface area contributed by atoms with Crippen molar-refractivity contribution in [3.63, 3.8) is 0 Å². The van der Waals surface area contributed by atoms with E-state index in [0.717, 1.165) is 16.9 Å². The second-order valence-electron chi connectivity index (χ2n) is 5.32. The lowest BCUT2D eigenvalue weighted by molar-refractivity contribution is 0.337. The number of aryl methyl sites for hydroxylation is 1. The lowest BCUT2D eigenvalue weighted by Gasteiger charge is -2.19. The first kappa shape index (κ1) is 16.4. The Balaban J connectivity index is 1.96. The van der Waals surface area contributed by atoms with E-state index < -0.39 is 0 Å². The molecule has 25 heavy (non-hydrogen) atoms. The smallest absolute Gasteiger partial charge is 0.166 e. The molecule has 0 amide bonds. The van der Waals surface area contributed by atoms with Crippen LogP contribution in [0.25, 0.3) is 11.0 Å². The summed E-state index contributed by atoms with van der Waals surface area (Å²) in [6.07, 6.45) is 8.27. The standard InChI is InChI=1S/C17H18N8/c1-2-25-16(23-13-4-8-20-14(10-19)17(13)25)12-24(9-5-18)11-15-21-6-3-7-22-15/h3-9H,2,11-12,18H2,1H3/b9-5-. The van der Waals surface area contributed by atoms with Crippen LogP contribution >= 0.6 is 0 Å². The normalized spacial score (nSPS) is 11.0. The molecule has 0 fully saturated rings. The average molecular weight is 334 g/mol. The molecule has 126 valence electrons. The summed E-state index contributed by atoms with van der Waals surface area (Å²) in [5.41, 5.74) is 7.48. The van der Waals surface area contributed by atoms with Gasteiger partial charge in [-0.3, -0.25) is 0 Å². The van der Waals surface area contributed by atoms with Crippen LogP contribution in [0.3, 0.4) is 0 Å². The molecule has 3 aromatic rings. The van der Waals surface area contributed by atoms with Crippen molar-refractivity contribution in [3.8, 4) is 6.07 Å². The topological polar surface area (TPSA) is 110 Å². The molecule has 2 N–H and O–H groups in total. The SMILES string of the molecule is CCn1c(CN(/C=C\N)Cc2ncccn2)nc2ccnc(C#N)c21. The van der Waals surface area contributed by atoms with E-state index in [9.17, 15) is 5.26 Å². The Morgan fingerprint density at radius 2 is 2.04 bits per heavy atom. The number of hydrogen-bond donors (Lipinski definition) is 1. The quantitative estimate of drug-likeness (QED) is 0.728. The van der Waals surface area contributed by atoms with E-state index in [1.165, 1.54) is 6.20 Å². The molecule has 0 aliphatic carbocycles. The summed E-state index contributed by atoms with van der Waals surface area (Å²) in [5.74, 6) is 1.52. The molecule has 0 saturated carbocycles. The first-order valence-corrected chi connectivity index (χ1v) is 7.89. The summed E-state index contributed by atoms with van der Waals surface area (Å²) >= 11 is 0. The van der Waals surface area contributed by atoms with Crippen molar-refractivity contribution in [3.05, 3.63) is 60.5 Å². The minimum Gasteiger partial charge on any atom is -0.403 e. The van der Waals surface area contributed by atoms with E-state index in [0.29, 0.717) is 31.2 Å². The summed E-state index contributed by atoms with van der Waals surface area (Å²) in [6.45, 7) is 3.72. The molecule has 8 heteroatoms. The predicted octanol–water partition coefficient (Wildman–Crippen LogP) is 1.54. The van der Waals surface area contributed by atoms with Gasteiger partial charge in [-0.2, -0.15) is 5.26 Å². The summed E-state index contributed by atoms with van der Waals surface area (Å²) in [6, 6.07) is 5.73. The molecule has 0 radical (unpaired) electrons. The number of nitrogens with zero attached hydrogens (tertiary/aromatic N) is 7. The lowest BCUT2D eigenvalue weighted by atomic mass is 10.3. The van der Waals surface area contributed by atoms with Gasteiger partial charge in [0.15, 0.2) is 5.69 Å². The van der Waals surface area contributed by atoms with Crippen molar-refractivity contribution < 1.29 is 0 Å². The molecule has 8 nitrogen and oxygen atoms in total. The summed E-state index contributed by atoms with van der Waals surface area (Å²) in [4.78, 5) is 19.3. The first-order chi connectivity index (χ1) is 12.3. The Hall–Kier alpha value is -3.47. The third kappa shape index (κ3) is 3.40. The maximum Gasteiger partial charge on any atom is 0.166 e. The molecule has 0 aliphatic rings. The van der Waals surface area contributed by atoms with Crippen molar-refractivity contribution in [2.75, 3.05) is 0 Å². The van der Waals surface area contributed by atoms with Crippen molar-refractivity contribution in [1.29, 1.82) is 5.26 Å². The highest BCUT2D eigenvalue weighted by atomic mass is 15.2. The van der Waals surface area contributed by atoms with E-state index >= 15 is 0 Å². The monoisotopic (exact) mass is 334 g/mol. The molecular weight excluding hydrogens is 316 g/mol. The van der Waals surface area contributed by atoms with Gasteiger partial charge in [-0.05, 0) is 19.1 Å². The zero-order chi connectivity index (χ0) is 17.6. The zero-order valence-corrected chi connectivity index (χ0v) is 13.9. The third-order valence-electron chi connectivity index (χ3n) is 3.76. The van der Waals surface area contributed by atoms with Crippen LogP contribution in [0.15, 0.2) is 43.1 Å². The molecule has 0 saturated heterocycles. The minimum absolute atomic E-state index is 0.380. The number of nitrogens with two attached hydrogens (primary N) is 1. The number of pyridine rings is 1. The lowest BCUT2D eigenvalue weighted by Crippen LogP contribution is -2.21. The average Bonchev–Trinajstić information content (AvgIpc) is 2.99. The van der Waals surface area contributed by atoms with Crippen LogP contribution in [0.5, 0.6) is 0 Å². The summed E-state index contributed by atoms with van der Waals surface area (Å²) in [7, 11) is 0. The Bertz CT molecular complexity index is 923. The summed E-state index contributed by atoms with van der Waals surface area (Å²) in [5, 5.41) is 9.32. The van der Waals surface area contributed by atoms with Gasteiger partial charge in [0, 0.05) is 37.5 Å². The maximum absolute atomic E-state index is 9.32. The van der Waals surface area contributed by atoms with Crippen LogP contribution in [0.1, 0.15) is 24.3 Å². The van der Waals surface area contributed by atoms with Gasteiger partial charge in [0.25, 0.3) is 0 Å². The Labute approximate surface area is 145 Å². The van der Waals surface area contributed by atoms with Crippen molar-refractivity contribution in [2.45, 2.75) is 26.6 Å². The van der Waals surface area contributed by atoms with Gasteiger partial charge in [0.2, 0.25) is 0 Å². The molecule has 3 heterocycles. The van der Waals surface area contributed by atoms with Gasteiger partial charge < -0.3 is 15.2 Å². The van der Waals surface area contributed by atoms with Crippen LogP contribution in [-0.4, -0.2) is 29.4 Å². The molecule has 3 aromatic heterocycles. The van der Waals surface area contributed by atoms with Gasteiger partial charge in [-0.1, -0.05) is 0 Å². The van der Waals surface area contributed by atoms with Crippen molar-refractivity contribution in [2.24, 2.45) is 5.73 Å². The fourth-order valence-electron chi connectivity index (χ4n) is 2.73. The molecule has 0 unspecified atom stereocenters. The number of fused-ring (bicyclic) bond motifs is 1. The first-order valence-electron chi connectivity index (χ1n) is 7.89. The van der Waals surface area contributed by atoms with E-state index in [2.05, 4.69) is 26.0 Å². The number of rotatable bonds is 6. The largest absolute Gasteiger partial charge is 0.403 e. The predicted molar refractivity (Wildman–Crippen MR) is 92.5 cm³/mol. The van der Waals surface area contributed by atoms with E-state index in [1.807, 2.05) is 22.5 Å². The van der Waals surface area contributed by atoms with Crippen molar-refractivity contribution in [1.82, 2.24) is 29.4 Å². The molecule has 0 atom stereocenters. The number of aromatic nitrogens is 5. The molecule has 0 spiro atoms. The Morgan fingerprint density at radius 1 is 1.24 bits per heavy atom. The molecule has 3 rings (SSSR count). The number of nitriles is 1. The summed E-state index contributed by atoms with van der Waals surface area (Å²) < 4.78 is 2.00. The minimum atomic E-state index is 0.380. The number of hydrogen-bond acceptors (Lipinski definition) is 7. The van der Waals surface area contributed by atoms with Gasteiger partial charge in [-0.15, -0.1) is 0 Å². The highest BCUT2D eigenvalue weighted by Crippen LogP contribution is 2.20. The zero-order valence-electron chi connectivity index (χ0n) is 13.9. The Kier molecular flexibility index (Phi) is 4.85. The highest BCUT2D eigenvalue weighted by Gasteiger charge is 2.16. The van der Waals surface area contributed by atoms with Crippen LogP contribution < -0.4 is 5.73 Å². The van der Waals surface area contributed by atoms with Crippen LogP contribution in [-0.2, 0) is 19.6 Å². The Morgan fingerprint density at radius 3 is 2.72 bits per heavy atom. The van der Waals surface area contributed by atoms with Crippen LogP contribution in [0.4, 0.5) is 0 Å². The molecule has 0 aliphatic heterocycles. The molecule has 0 aromatic carbocycles. The van der Waals surface area contributed by atoms with Crippen LogP contribution in [0.2, 0.25) is 0 Å². The van der Waals surface area contributed by atoms with Gasteiger partial charge >= 0.3 is 0 Å². The second-order valence-corrected chi connectivity index (χ2v) is 5.32. The molecular formula is C17H18N8. The van der Waals surface area contributed by atoms with E-state index in [1.54, 1.807) is 30.9 Å². The van der Waals surface area contributed by atoms with Gasteiger partial charge in [0.05, 0.1) is 18.6 Å². The fourth-order valence-corrected chi connectivity index (χ4v) is 2.73. The van der Waals surface area contributed by atoms with Gasteiger partial charge in [0.1, 0.15) is 23.2 Å². The third-order valence-corrected chi connectivity index (χ3v) is 3.76. The molecule has 0 bridgehead atoms. The highest BCUT2D eigenvalue weighted by molar-refractivity contribution is 5.80. The van der Waals surface area contributed by atoms with Gasteiger partial charge in [-0.25, -0.2) is 19.9 Å². The fraction of sp³-hybridized carbons (Fsp3) is 0.235. The number of imidazole rings is 1. The van der Waals surface area contributed by atoms with Crippen molar-refractivity contribution >= 4 is 11.0 Å². The van der Waals surface area contributed by atoms with E-state index in [-0.39, 0.29) is 0 Å². The maximum atomic E-state index is 9.32. The van der Waals surface area contributed by atoms with Crippen LogP contribution in [0, 0.1) is 11.3 Å². The second kappa shape index (κ2) is 7.40.